The minimum atomic E-state index is -1.33. The molecule has 0 fully saturated rings. The van der Waals surface area contributed by atoms with Gasteiger partial charge in [-0.2, -0.15) is 10.2 Å². The molecule has 0 saturated carbocycles. The van der Waals surface area contributed by atoms with E-state index < -0.39 is 46.9 Å². The van der Waals surface area contributed by atoms with E-state index in [0.717, 1.165) is 18.2 Å². The standard InChI is InChI=1S/C20H14F3N5O2/c21-10-2-1-3-11(6-10)26-20(30)27-12-7-14(17(23)16(22)8-12)18(29)15-9-24-19-13(15)4-5-25-28-19/h1-9,13,19,24H,(H2,26,27,30). The van der Waals surface area contributed by atoms with Gasteiger partial charge in [-0.05, 0) is 24.3 Å². The van der Waals surface area contributed by atoms with Crippen LogP contribution in [0.3, 0.4) is 0 Å². The van der Waals surface area contributed by atoms with Crippen LogP contribution in [0.2, 0.25) is 0 Å². The number of nitrogens with one attached hydrogen (secondary N) is 3. The lowest BCUT2D eigenvalue weighted by Crippen LogP contribution is -2.26. The van der Waals surface area contributed by atoms with Crippen LogP contribution in [0.25, 0.3) is 0 Å². The molecule has 0 bridgehead atoms. The van der Waals surface area contributed by atoms with Crippen molar-refractivity contribution in [1.82, 2.24) is 5.32 Å². The fourth-order valence-electron chi connectivity index (χ4n) is 3.16. The van der Waals surface area contributed by atoms with Gasteiger partial charge in [0, 0.05) is 35.4 Å². The van der Waals surface area contributed by atoms with E-state index in [2.05, 4.69) is 26.2 Å². The molecule has 2 atom stereocenters. The van der Waals surface area contributed by atoms with Crippen molar-refractivity contribution in [1.29, 1.82) is 0 Å². The van der Waals surface area contributed by atoms with Gasteiger partial charge in [-0.1, -0.05) is 12.1 Å². The molecule has 0 aliphatic carbocycles. The van der Waals surface area contributed by atoms with E-state index in [1.54, 1.807) is 6.08 Å². The Morgan fingerprint density at radius 1 is 1.03 bits per heavy atom. The number of hydrogen-bond acceptors (Lipinski definition) is 5. The Morgan fingerprint density at radius 2 is 1.83 bits per heavy atom. The molecule has 2 unspecified atom stereocenters. The number of Topliss-reactive ketones (excluding diaryl/α,β-unsaturated/α-hetero) is 1. The molecule has 2 aliphatic heterocycles. The van der Waals surface area contributed by atoms with Gasteiger partial charge in [0.15, 0.2) is 17.4 Å². The molecule has 2 aromatic rings. The average Bonchev–Trinajstić information content (AvgIpc) is 3.14. The maximum absolute atomic E-state index is 14.4. The van der Waals surface area contributed by atoms with Crippen LogP contribution in [0.5, 0.6) is 0 Å². The number of fused-ring (bicyclic) bond motifs is 1. The summed E-state index contributed by atoms with van der Waals surface area (Å²) in [4.78, 5) is 25.0. The van der Waals surface area contributed by atoms with E-state index in [-0.39, 0.29) is 16.9 Å². The number of amides is 2. The molecule has 4 rings (SSSR count). The van der Waals surface area contributed by atoms with E-state index in [1.165, 1.54) is 30.6 Å². The fourth-order valence-corrected chi connectivity index (χ4v) is 3.16. The summed E-state index contributed by atoms with van der Waals surface area (Å²) in [5, 5.41) is 15.2. The number of carbonyl (C=O) groups is 2. The largest absolute Gasteiger partial charge is 0.367 e. The Labute approximate surface area is 168 Å². The van der Waals surface area contributed by atoms with Gasteiger partial charge in [0.25, 0.3) is 0 Å². The van der Waals surface area contributed by atoms with Crippen molar-refractivity contribution in [3.05, 3.63) is 83.5 Å². The van der Waals surface area contributed by atoms with Gasteiger partial charge in [0.05, 0.1) is 11.5 Å². The third-order valence-electron chi connectivity index (χ3n) is 4.54. The molecule has 0 saturated heterocycles. The van der Waals surface area contributed by atoms with Gasteiger partial charge in [-0.25, -0.2) is 18.0 Å². The quantitative estimate of drug-likeness (QED) is 0.651. The topological polar surface area (TPSA) is 95.0 Å². The second-order valence-electron chi connectivity index (χ2n) is 6.55. The predicted octanol–water partition coefficient (Wildman–Crippen LogP) is 4.34. The average molecular weight is 413 g/mol. The molecule has 0 radical (unpaired) electrons. The number of urea groups is 1. The molecule has 3 N–H and O–H groups in total. The van der Waals surface area contributed by atoms with Crippen molar-refractivity contribution in [2.45, 2.75) is 6.17 Å². The smallest absolute Gasteiger partial charge is 0.323 e. The molecule has 2 aromatic carbocycles. The zero-order valence-corrected chi connectivity index (χ0v) is 15.2. The molecule has 152 valence electrons. The number of nitrogens with zero attached hydrogens (tertiary/aromatic N) is 2. The first kappa shape index (κ1) is 19.4. The van der Waals surface area contributed by atoms with Gasteiger partial charge in [-0.15, -0.1) is 0 Å². The van der Waals surface area contributed by atoms with Gasteiger partial charge < -0.3 is 16.0 Å². The summed E-state index contributed by atoms with van der Waals surface area (Å²) < 4.78 is 41.7. The molecular formula is C20H14F3N5O2. The molecule has 0 spiro atoms. The summed E-state index contributed by atoms with van der Waals surface area (Å²) in [5.41, 5.74) is -0.332. The second kappa shape index (κ2) is 7.82. The van der Waals surface area contributed by atoms with E-state index in [4.69, 9.17) is 0 Å². The van der Waals surface area contributed by atoms with Crippen LogP contribution < -0.4 is 16.0 Å². The summed E-state index contributed by atoms with van der Waals surface area (Å²) in [5.74, 6) is -4.40. The Morgan fingerprint density at radius 3 is 2.63 bits per heavy atom. The van der Waals surface area contributed by atoms with Crippen LogP contribution in [-0.2, 0) is 0 Å². The minimum Gasteiger partial charge on any atom is -0.367 e. The Hall–Kier alpha value is -3.95. The van der Waals surface area contributed by atoms with Crippen molar-refractivity contribution in [2.24, 2.45) is 16.1 Å². The van der Waals surface area contributed by atoms with E-state index in [9.17, 15) is 22.8 Å². The van der Waals surface area contributed by atoms with Crippen LogP contribution in [-0.4, -0.2) is 18.0 Å². The van der Waals surface area contributed by atoms with Gasteiger partial charge in [-0.3, -0.25) is 4.79 Å². The first-order valence-electron chi connectivity index (χ1n) is 8.82. The van der Waals surface area contributed by atoms with Gasteiger partial charge >= 0.3 is 6.03 Å². The van der Waals surface area contributed by atoms with Crippen LogP contribution >= 0.6 is 0 Å². The summed E-state index contributed by atoms with van der Waals surface area (Å²) in [6.45, 7) is 0. The SMILES string of the molecule is O=C(Nc1cccc(F)c1)Nc1cc(F)c(F)c(C(=O)C2=CNC3N=NC=CC23)c1. The summed E-state index contributed by atoms with van der Waals surface area (Å²) >= 11 is 0. The first-order valence-corrected chi connectivity index (χ1v) is 8.82. The maximum atomic E-state index is 14.4. The van der Waals surface area contributed by atoms with Crippen molar-refractivity contribution >= 4 is 23.2 Å². The lowest BCUT2D eigenvalue weighted by Gasteiger charge is -2.17. The zero-order chi connectivity index (χ0) is 21.3. The number of anilines is 2. The highest BCUT2D eigenvalue weighted by Gasteiger charge is 2.35. The predicted molar refractivity (Wildman–Crippen MR) is 102 cm³/mol. The highest BCUT2D eigenvalue weighted by molar-refractivity contribution is 6.10. The van der Waals surface area contributed by atoms with Crippen LogP contribution in [0.1, 0.15) is 10.4 Å². The van der Waals surface area contributed by atoms with E-state index >= 15 is 0 Å². The number of ketones is 1. The molecule has 2 amide bonds. The van der Waals surface area contributed by atoms with Crippen LogP contribution in [0.4, 0.5) is 29.3 Å². The van der Waals surface area contributed by atoms with Crippen LogP contribution in [0, 0.1) is 23.4 Å². The Balaban J connectivity index is 1.55. The molecule has 2 aliphatic rings. The van der Waals surface area contributed by atoms with E-state index in [0.29, 0.717) is 0 Å². The molecule has 10 heteroatoms. The third-order valence-corrected chi connectivity index (χ3v) is 4.54. The molecule has 30 heavy (non-hydrogen) atoms. The van der Waals surface area contributed by atoms with Crippen molar-refractivity contribution in [3.63, 3.8) is 0 Å². The van der Waals surface area contributed by atoms with Crippen LogP contribution in [0.15, 0.2) is 70.7 Å². The first-order chi connectivity index (χ1) is 14.4. The third kappa shape index (κ3) is 3.79. The molecular weight excluding hydrogens is 399 g/mol. The lowest BCUT2D eigenvalue weighted by molar-refractivity contribution is 0.102. The lowest BCUT2D eigenvalue weighted by atomic mass is 9.92. The minimum absolute atomic E-state index is 0.145. The normalized spacial score (nSPS) is 19.0. The van der Waals surface area contributed by atoms with Gasteiger partial charge in [0.1, 0.15) is 12.0 Å². The van der Waals surface area contributed by atoms with Crippen molar-refractivity contribution in [3.8, 4) is 0 Å². The number of benzene rings is 2. The number of hydrogen-bond donors (Lipinski definition) is 3. The molecule has 0 aromatic heterocycles. The summed E-state index contributed by atoms with van der Waals surface area (Å²) in [7, 11) is 0. The number of carbonyl (C=O) groups excluding carboxylic acids is 2. The summed E-state index contributed by atoms with van der Waals surface area (Å²) in [6.07, 6.45) is 3.95. The number of rotatable bonds is 4. The zero-order valence-electron chi connectivity index (χ0n) is 15.2. The van der Waals surface area contributed by atoms with Crippen molar-refractivity contribution in [2.75, 3.05) is 10.6 Å². The number of azo groups is 1. The highest BCUT2D eigenvalue weighted by Crippen LogP contribution is 2.31. The highest BCUT2D eigenvalue weighted by atomic mass is 19.2. The Kier molecular flexibility index (Phi) is 5.05. The second-order valence-corrected chi connectivity index (χ2v) is 6.55. The Bertz CT molecular complexity index is 1130. The molecule has 7 nitrogen and oxygen atoms in total. The van der Waals surface area contributed by atoms with Gasteiger partial charge in [0.2, 0.25) is 0 Å². The molecule has 2 heterocycles. The monoisotopic (exact) mass is 413 g/mol. The maximum Gasteiger partial charge on any atom is 0.323 e. The van der Waals surface area contributed by atoms with E-state index in [1.807, 2.05) is 0 Å². The fraction of sp³-hybridized carbons (Fsp3) is 0.100. The van der Waals surface area contributed by atoms with Crippen molar-refractivity contribution < 1.29 is 22.8 Å². The number of halogens is 3. The summed E-state index contributed by atoms with van der Waals surface area (Å²) in [6, 6.07) is 6.11.